The van der Waals surface area contributed by atoms with Gasteiger partial charge in [-0.3, -0.25) is 0 Å². The Hall–Kier alpha value is -2.84. The molecule has 0 unspecified atom stereocenters. The number of hydrogen-bond acceptors (Lipinski definition) is 4. The number of nitrogens with zero attached hydrogens (tertiary/aromatic N) is 2. The maximum atomic E-state index is 14.2. The van der Waals surface area contributed by atoms with Crippen molar-refractivity contribution >= 4 is 21.2 Å². The lowest BCUT2D eigenvalue weighted by molar-refractivity contribution is 0.561. The van der Waals surface area contributed by atoms with Crippen molar-refractivity contribution in [1.82, 2.24) is 9.78 Å². The number of halogens is 2. The normalized spacial score (nSPS) is 11.7. The second-order valence-electron chi connectivity index (χ2n) is 6.16. The lowest BCUT2D eigenvalue weighted by atomic mass is 10.2. The van der Waals surface area contributed by atoms with E-state index in [2.05, 4.69) is 5.10 Å². The van der Waals surface area contributed by atoms with Crippen LogP contribution < -0.4 is 0 Å². The highest BCUT2D eigenvalue weighted by atomic mass is 32.2. The van der Waals surface area contributed by atoms with Gasteiger partial charge in [-0.2, -0.15) is 5.10 Å². The fourth-order valence-electron chi connectivity index (χ4n) is 2.87. The largest absolute Gasteiger partial charge is 0.226 e. The van der Waals surface area contributed by atoms with Gasteiger partial charge in [0.25, 0.3) is 0 Å². The van der Waals surface area contributed by atoms with Gasteiger partial charge in [0.2, 0.25) is 0 Å². The number of aromatic nitrogens is 2. The van der Waals surface area contributed by atoms with Gasteiger partial charge in [0.1, 0.15) is 5.69 Å². The first-order valence-corrected chi connectivity index (χ1v) is 10.9. The molecule has 4 nitrogen and oxygen atoms in total. The van der Waals surface area contributed by atoms with Crippen LogP contribution in [0.2, 0.25) is 0 Å². The van der Waals surface area contributed by atoms with Gasteiger partial charge in [0.05, 0.1) is 21.7 Å². The first-order chi connectivity index (χ1) is 13.3. The average Bonchev–Trinajstić information content (AvgIpc) is 3.30. The molecular formula is C20H14F2N2O2S2. The number of hydrogen-bond donors (Lipinski definition) is 0. The summed E-state index contributed by atoms with van der Waals surface area (Å²) in [6.45, 7) is 0. The van der Waals surface area contributed by atoms with E-state index in [-0.39, 0.29) is 10.6 Å². The van der Waals surface area contributed by atoms with Gasteiger partial charge in [-0.15, -0.1) is 11.3 Å². The highest BCUT2D eigenvalue weighted by Gasteiger charge is 2.17. The summed E-state index contributed by atoms with van der Waals surface area (Å²) >= 11 is 1.38. The van der Waals surface area contributed by atoms with Gasteiger partial charge in [-0.25, -0.2) is 21.9 Å². The van der Waals surface area contributed by atoms with Gasteiger partial charge in [0.15, 0.2) is 21.5 Å². The molecule has 2 aromatic heterocycles. The molecule has 4 rings (SSSR count). The smallest absolute Gasteiger partial charge is 0.175 e. The van der Waals surface area contributed by atoms with Crippen molar-refractivity contribution in [1.29, 1.82) is 0 Å². The zero-order valence-electron chi connectivity index (χ0n) is 14.6. The Kier molecular flexibility index (Phi) is 4.60. The van der Waals surface area contributed by atoms with Crippen molar-refractivity contribution in [2.45, 2.75) is 4.90 Å². The SMILES string of the molecule is CS(=O)(=O)c1cccc(-c2ccc(-c3ccnn3-c3c(F)cccc3F)s2)c1. The van der Waals surface area contributed by atoms with Crippen LogP contribution >= 0.6 is 11.3 Å². The molecule has 0 amide bonds. The van der Waals surface area contributed by atoms with E-state index in [9.17, 15) is 17.2 Å². The molecule has 0 aliphatic carbocycles. The topological polar surface area (TPSA) is 52.0 Å². The average molecular weight is 416 g/mol. The molecule has 0 atom stereocenters. The van der Waals surface area contributed by atoms with Crippen LogP contribution in [0.4, 0.5) is 8.78 Å². The van der Waals surface area contributed by atoms with Crippen LogP contribution in [0.5, 0.6) is 0 Å². The fraction of sp³-hybridized carbons (Fsp3) is 0.0500. The van der Waals surface area contributed by atoms with E-state index in [0.717, 1.165) is 21.6 Å². The Balaban J connectivity index is 1.78. The molecule has 0 spiro atoms. The fourth-order valence-corrected chi connectivity index (χ4v) is 4.55. The van der Waals surface area contributed by atoms with Crippen LogP contribution in [0.15, 0.2) is 71.8 Å². The summed E-state index contributed by atoms with van der Waals surface area (Å²) in [5.41, 5.74) is 1.05. The lowest BCUT2D eigenvalue weighted by Crippen LogP contribution is -2.04. The summed E-state index contributed by atoms with van der Waals surface area (Å²) in [4.78, 5) is 1.82. The van der Waals surface area contributed by atoms with Crippen molar-refractivity contribution in [3.63, 3.8) is 0 Å². The second-order valence-corrected chi connectivity index (χ2v) is 9.26. The third-order valence-electron chi connectivity index (χ3n) is 4.20. The molecule has 2 aromatic carbocycles. The van der Waals surface area contributed by atoms with Crippen LogP contribution in [-0.2, 0) is 9.84 Å². The minimum absolute atomic E-state index is 0.235. The van der Waals surface area contributed by atoms with Gasteiger partial charge >= 0.3 is 0 Å². The maximum absolute atomic E-state index is 14.2. The van der Waals surface area contributed by atoms with E-state index in [0.29, 0.717) is 5.69 Å². The Morgan fingerprint density at radius 3 is 2.32 bits per heavy atom. The predicted molar refractivity (Wildman–Crippen MR) is 105 cm³/mol. The summed E-state index contributed by atoms with van der Waals surface area (Å²) < 4.78 is 53.2. The van der Waals surface area contributed by atoms with Crippen LogP contribution in [0.1, 0.15) is 0 Å². The summed E-state index contributed by atoms with van der Waals surface area (Å²) in [7, 11) is -3.31. The molecule has 0 bridgehead atoms. The third-order valence-corrected chi connectivity index (χ3v) is 6.46. The second kappa shape index (κ2) is 6.96. The van der Waals surface area contributed by atoms with Crippen LogP contribution in [0, 0.1) is 11.6 Å². The Morgan fingerprint density at radius 2 is 1.61 bits per heavy atom. The minimum Gasteiger partial charge on any atom is -0.226 e. The molecule has 0 N–H and O–H groups in total. The molecule has 0 saturated heterocycles. The molecule has 0 radical (unpaired) electrons. The Bertz CT molecular complexity index is 1260. The molecule has 0 aliphatic rings. The lowest BCUT2D eigenvalue weighted by Gasteiger charge is -2.08. The number of benzene rings is 2. The van der Waals surface area contributed by atoms with E-state index in [1.54, 1.807) is 24.3 Å². The van der Waals surface area contributed by atoms with Gasteiger partial charge in [-0.1, -0.05) is 18.2 Å². The summed E-state index contributed by atoms with van der Waals surface area (Å²) in [6.07, 6.45) is 2.64. The van der Waals surface area contributed by atoms with Crippen LogP contribution in [0.25, 0.3) is 26.7 Å². The predicted octanol–water partition coefficient (Wildman–Crippen LogP) is 4.95. The van der Waals surface area contributed by atoms with Crippen molar-refractivity contribution < 1.29 is 17.2 Å². The summed E-state index contributed by atoms with van der Waals surface area (Å²) in [5, 5.41) is 4.08. The molecule has 0 aliphatic heterocycles. The van der Waals surface area contributed by atoms with Crippen LogP contribution in [-0.4, -0.2) is 24.5 Å². The number of sulfone groups is 1. The number of rotatable bonds is 4. The maximum Gasteiger partial charge on any atom is 0.175 e. The summed E-state index contributed by atoms with van der Waals surface area (Å²) in [5.74, 6) is -1.41. The molecule has 4 aromatic rings. The van der Waals surface area contributed by atoms with Crippen molar-refractivity contribution in [3.05, 3.63) is 78.5 Å². The molecule has 142 valence electrons. The number of thiophene rings is 1. The van der Waals surface area contributed by atoms with E-state index in [1.807, 2.05) is 18.2 Å². The molecule has 8 heteroatoms. The molecule has 0 saturated carbocycles. The first-order valence-electron chi connectivity index (χ1n) is 8.24. The van der Waals surface area contributed by atoms with Crippen molar-refractivity contribution in [2.24, 2.45) is 0 Å². The van der Waals surface area contributed by atoms with Crippen molar-refractivity contribution in [2.75, 3.05) is 6.26 Å². The van der Waals surface area contributed by atoms with Gasteiger partial charge in [0, 0.05) is 11.1 Å². The van der Waals surface area contributed by atoms with E-state index < -0.39 is 21.5 Å². The molecule has 2 heterocycles. The standard InChI is InChI=1S/C20H14F2N2O2S2/c1-28(25,26)14-5-2-4-13(12-14)18-8-9-19(27-18)17-10-11-23-24(17)20-15(21)6-3-7-16(20)22/h2-12H,1H3. The quantitative estimate of drug-likeness (QED) is 0.473. The highest BCUT2D eigenvalue weighted by Crippen LogP contribution is 2.36. The molecule has 28 heavy (non-hydrogen) atoms. The Morgan fingerprint density at radius 1 is 0.929 bits per heavy atom. The van der Waals surface area contributed by atoms with Gasteiger partial charge < -0.3 is 0 Å². The van der Waals surface area contributed by atoms with Crippen LogP contribution in [0.3, 0.4) is 0 Å². The first kappa shape index (κ1) is 18.5. The zero-order chi connectivity index (χ0) is 19.9. The Labute approximate surface area is 164 Å². The molecule has 0 fully saturated rings. The number of para-hydroxylation sites is 1. The van der Waals surface area contributed by atoms with Gasteiger partial charge in [-0.05, 0) is 48.0 Å². The van der Waals surface area contributed by atoms with Crippen molar-refractivity contribution in [3.8, 4) is 26.7 Å². The third kappa shape index (κ3) is 3.36. The monoisotopic (exact) mass is 416 g/mol. The molecular weight excluding hydrogens is 402 g/mol. The highest BCUT2D eigenvalue weighted by molar-refractivity contribution is 7.90. The van der Waals surface area contributed by atoms with E-state index in [4.69, 9.17) is 0 Å². The zero-order valence-corrected chi connectivity index (χ0v) is 16.3. The van der Waals surface area contributed by atoms with E-state index >= 15 is 0 Å². The summed E-state index contributed by atoms with van der Waals surface area (Å²) in [6, 6.07) is 15.7. The van der Waals surface area contributed by atoms with E-state index in [1.165, 1.54) is 40.4 Å². The minimum atomic E-state index is -3.31.